The predicted octanol–water partition coefficient (Wildman–Crippen LogP) is 3.05. The van der Waals surface area contributed by atoms with Crippen LogP contribution in [0, 0.1) is 0 Å². The molecule has 0 saturated carbocycles. The van der Waals surface area contributed by atoms with Crippen molar-refractivity contribution in [2.45, 2.75) is 44.2 Å². The molecule has 3 heteroatoms. The van der Waals surface area contributed by atoms with E-state index in [0.29, 0.717) is 12.6 Å². The van der Waals surface area contributed by atoms with Crippen LogP contribution < -0.4 is 5.32 Å². The first-order valence-electron chi connectivity index (χ1n) is 6.28. The number of benzene rings is 1. The molecule has 2 nitrogen and oxygen atoms in total. The molecule has 1 rings (SSSR count). The molecule has 96 valence electrons. The van der Waals surface area contributed by atoms with Crippen LogP contribution in [0.5, 0.6) is 0 Å². The first kappa shape index (κ1) is 14.6. The summed E-state index contributed by atoms with van der Waals surface area (Å²) in [5, 5.41) is 12.1. The SMILES string of the molecule is CC(C)NCc1ccc(SCCCCO)cc1. The second-order valence-corrected chi connectivity index (χ2v) is 5.63. The Morgan fingerprint density at radius 2 is 1.88 bits per heavy atom. The Labute approximate surface area is 109 Å². The lowest BCUT2D eigenvalue weighted by atomic mass is 10.2. The van der Waals surface area contributed by atoms with Gasteiger partial charge in [-0.05, 0) is 36.3 Å². The van der Waals surface area contributed by atoms with E-state index in [0.717, 1.165) is 25.1 Å². The van der Waals surface area contributed by atoms with Gasteiger partial charge in [0, 0.05) is 24.1 Å². The molecule has 0 unspecified atom stereocenters. The summed E-state index contributed by atoms with van der Waals surface area (Å²) in [6.45, 7) is 5.56. The third-order valence-electron chi connectivity index (χ3n) is 2.46. The highest BCUT2D eigenvalue weighted by molar-refractivity contribution is 7.99. The topological polar surface area (TPSA) is 32.3 Å². The second-order valence-electron chi connectivity index (χ2n) is 4.46. The molecule has 1 aromatic rings. The quantitative estimate of drug-likeness (QED) is 0.552. The summed E-state index contributed by atoms with van der Waals surface area (Å²) in [5.41, 5.74) is 1.33. The van der Waals surface area contributed by atoms with Gasteiger partial charge in [-0.25, -0.2) is 0 Å². The average Bonchev–Trinajstić information content (AvgIpc) is 2.33. The van der Waals surface area contributed by atoms with E-state index >= 15 is 0 Å². The van der Waals surface area contributed by atoms with Crippen molar-refractivity contribution in [2.75, 3.05) is 12.4 Å². The van der Waals surface area contributed by atoms with E-state index in [2.05, 4.69) is 43.4 Å². The summed E-state index contributed by atoms with van der Waals surface area (Å²) in [6, 6.07) is 9.26. The van der Waals surface area contributed by atoms with Crippen LogP contribution in [-0.2, 0) is 6.54 Å². The summed E-state index contributed by atoms with van der Waals surface area (Å²) < 4.78 is 0. The van der Waals surface area contributed by atoms with Crippen LogP contribution in [0.3, 0.4) is 0 Å². The molecule has 0 fully saturated rings. The first-order chi connectivity index (χ1) is 8.22. The number of thioether (sulfide) groups is 1. The number of aliphatic hydroxyl groups excluding tert-OH is 1. The molecule has 0 heterocycles. The van der Waals surface area contributed by atoms with Crippen LogP contribution in [0.15, 0.2) is 29.2 Å². The first-order valence-corrected chi connectivity index (χ1v) is 7.27. The van der Waals surface area contributed by atoms with Crippen LogP contribution in [0.4, 0.5) is 0 Å². The number of hydrogen-bond acceptors (Lipinski definition) is 3. The molecule has 0 aromatic heterocycles. The van der Waals surface area contributed by atoms with Gasteiger partial charge in [-0.15, -0.1) is 11.8 Å². The number of hydrogen-bond donors (Lipinski definition) is 2. The molecule has 1 aromatic carbocycles. The number of unbranched alkanes of at least 4 members (excludes halogenated alkanes) is 1. The maximum atomic E-state index is 8.69. The Morgan fingerprint density at radius 3 is 2.47 bits per heavy atom. The molecule has 0 bridgehead atoms. The van der Waals surface area contributed by atoms with Crippen molar-refractivity contribution >= 4 is 11.8 Å². The minimum atomic E-state index is 0.306. The van der Waals surface area contributed by atoms with Crippen molar-refractivity contribution in [1.82, 2.24) is 5.32 Å². The zero-order valence-electron chi connectivity index (χ0n) is 10.8. The fourth-order valence-electron chi connectivity index (χ4n) is 1.43. The standard InChI is InChI=1S/C14H23NOS/c1-12(2)15-11-13-5-7-14(8-6-13)17-10-4-3-9-16/h5-8,12,15-16H,3-4,9-11H2,1-2H3. The van der Waals surface area contributed by atoms with Crippen molar-refractivity contribution in [3.05, 3.63) is 29.8 Å². The summed E-state index contributed by atoms with van der Waals surface area (Å²) in [5.74, 6) is 1.09. The molecule has 0 aliphatic rings. The van der Waals surface area contributed by atoms with Gasteiger partial charge < -0.3 is 10.4 Å². The minimum absolute atomic E-state index is 0.306. The van der Waals surface area contributed by atoms with Gasteiger partial charge in [0.1, 0.15) is 0 Å². The van der Waals surface area contributed by atoms with E-state index in [4.69, 9.17) is 5.11 Å². The van der Waals surface area contributed by atoms with Crippen molar-refractivity contribution in [3.8, 4) is 0 Å². The van der Waals surface area contributed by atoms with Gasteiger partial charge in [0.05, 0.1) is 0 Å². The summed E-state index contributed by atoms with van der Waals surface area (Å²) in [6.07, 6.45) is 1.99. The highest BCUT2D eigenvalue weighted by Crippen LogP contribution is 2.19. The highest BCUT2D eigenvalue weighted by atomic mass is 32.2. The smallest absolute Gasteiger partial charge is 0.0431 e. The summed E-state index contributed by atoms with van der Waals surface area (Å²) in [7, 11) is 0. The molecule has 0 aliphatic heterocycles. The fourth-order valence-corrected chi connectivity index (χ4v) is 2.34. The van der Waals surface area contributed by atoms with Gasteiger partial charge in [-0.1, -0.05) is 26.0 Å². The van der Waals surface area contributed by atoms with Gasteiger partial charge in [0.2, 0.25) is 0 Å². The zero-order chi connectivity index (χ0) is 12.5. The third kappa shape index (κ3) is 6.71. The summed E-state index contributed by atoms with van der Waals surface area (Å²) >= 11 is 1.86. The Kier molecular flexibility index (Phi) is 7.33. The Bertz CT molecular complexity index is 298. The van der Waals surface area contributed by atoms with E-state index in [1.807, 2.05) is 11.8 Å². The van der Waals surface area contributed by atoms with Crippen LogP contribution in [-0.4, -0.2) is 23.5 Å². The summed E-state index contributed by atoms with van der Waals surface area (Å²) in [4.78, 5) is 1.32. The monoisotopic (exact) mass is 253 g/mol. The molecule has 0 aliphatic carbocycles. The predicted molar refractivity (Wildman–Crippen MR) is 75.5 cm³/mol. The molecule has 0 amide bonds. The molecular formula is C14H23NOS. The molecule has 0 radical (unpaired) electrons. The van der Waals surface area contributed by atoms with Crippen LogP contribution in [0.2, 0.25) is 0 Å². The molecule has 0 saturated heterocycles. The van der Waals surface area contributed by atoms with Gasteiger partial charge in [-0.2, -0.15) is 0 Å². The normalized spacial score (nSPS) is 11.1. The van der Waals surface area contributed by atoms with Crippen molar-refractivity contribution in [3.63, 3.8) is 0 Å². The van der Waals surface area contributed by atoms with E-state index < -0.39 is 0 Å². The fraction of sp³-hybridized carbons (Fsp3) is 0.571. The van der Waals surface area contributed by atoms with Crippen molar-refractivity contribution < 1.29 is 5.11 Å². The number of rotatable bonds is 8. The second kappa shape index (κ2) is 8.56. The van der Waals surface area contributed by atoms with Crippen LogP contribution in [0.25, 0.3) is 0 Å². The minimum Gasteiger partial charge on any atom is -0.396 e. The molecule has 2 N–H and O–H groups in total. The van der Waals surface area contributed by atoms with Gasteiger partial charge in [0.15, 0.2) is 0 Å². The molecular weight excluding hydrogens is 230 g/mol. The van der Waals surface area contributed by atoms with Crippen molar-refractivity contribution in [1.29, 1.82) is 0 Å². The lowest BCUT2D eigenvalue weighted by molar-refractivity contribution is 0.287. The largest absolute Gasteiger partial charge is 0.396 e. The van der Waals surface area contributed by atoms with E-state index in [9.17, 15) is 0 Å². The Morgan fingerprint density at radius 1 is 1.18 bits per heavy atom. The van der Waals surface area contributed by atoms with Crippen LogP contribution in [0.1, 0.15) is 32.3 Å². The molecule has 0 atom stereocenters. The lowest BCUT2D eigenvalue weighted by Crippen LogP contribution is -2.21. The zero-order valence-corrected chi connectivity index (χ0v) is 11.6. The number of aliphatic hydroxyl groups is 1. The van der Waals surface area contributed by atoms with Crippen molar-refractivity contribution in [2.24, 2.45) is 0 Å². The molecule has 0 spiro atoms. The van der Waals surface area contributed by atoms with Gasteiger partial charge in [-0.3, -0.25) is 0 Å². The maximum Gasteiger partial charge on any atom is 0.0431 e. The van der Waals surface area contributed by atoms with Gasteiger partial charge in [0.25, 0.3) is 0 Å². The third-order valence-corrected chi connectivity index (χ3v) is 3.56. The number of nitrogens with one attached hydrogen (secondary N) is 1. The highest BCUT2D eigenvalue weighted by Gasteiger charge is 1.97. The maximum absolute atomic E-state index is 8.69. The molecule has 17 heavy (non-hydrogen) atoms. The van der Waals surface area contributed by atoms with E-state index in [1.54, 1.807) is 0 Å². The Hall–Kier alpha value is -0.510. The Balaban J connectivity index is 2.29. The van der Waals surface area contributed by atoms with E-state index in [-0.39, 0.29) is 0 Å². The average molecular weight is 253 g/mol. The van der Waals surface area contributed by atoms with Gasteiger partial charge >= 0.3 is 0 Å². The van der Waals surface area contributed by atoms with Crippen LogP contribution >= 0.6 is 11.8 Å². The lowest BCUT2D eigenvalue weighted by Gasteiger charge is -2.08. The van der Waals surface area contributed by atoms with E-state index in [1.165, 1.54) is 10.5 Å².